The summed E-state index contributed by atoms with van der Waals surface area (Å²) < 4.78 is 0. The highest BCUT2D eigenvalue weighted by molar-refractivity contribution is 5.98. The minimum atomic E-state index is -1.04. The van der Waals surface area contributed by atoms with Crippen LogP contribution in [0.15, 0.2) is 18.2 Å². The summed E-state index contributed by atoms with van der Waals surface area (Å²) in [5.41, 5.74) is 2.07. The number of amides is 2. The average molecular weight is 290 g/mol. The molecular weight excluding hydrogens is 272 g/mol. The second-order valence-corrected chi connectivity index (χ2v) is 5.34. The van der Waals surface area contributed by atoms with Gasteiger partial charge in [0.05, 0.1) is 0 Å². The Kier molecular flexibility index (Phi) is 4.26. The van der Waals surface area contributed by atoms with E-state index in [9.17, 15) is 14.4 Å². The lowest BCUT2D eigenvalue weighted by molar-refractivity contribution is -0.138. The van der Waals surface area contributed by atoms with Crippen LogP contribution in [0.3, 0.4) is 0 Å². The zero-order valence-electron chi connectivity index (χ0n) is 12.0. The Hall–Kier alpha value is -2.37. The van der Waals surface area contributed by atoms with Crippen LogP contribution in [-0.4, -0.2) is 40.4 Å². The number of hydrogen-bond donors (Lipinski definition) is 2. The lowest BCUT2D eigenvalue weighted by atomic mass is 9.99. The van der Waals surface area contributed by atoms with Crippen molar-refractivity contribution < 1.29 is 19.5 Å². The molecule has 0 radical (unpaired) electrons. The molecule has 1 aliphatic rings. The maximum Gasteiger partial charge on any atom is 0.323 e. The Bertz CT molecular complexity index is 595. The molecule has 112 valence electrons. The molecule has 1 heterocycles. The molecule has 0 aromatic heterocycles. The fourth-order valence-electron chi connectivity index (χ4n) is 2.32. The van der Waals surface area contributed by atoms with Crippen LogP contribution < -0.4 is 5.32 Å². The second-order valence-electron chi connectivity index (χ2n) is 5.34. The summed E-state index contributed by atoms with van der Waals surface area (Å²) in [6.07, 6.45) is 0.983. The Morgan fingerprint density at radius 3 is 2.67 bits per heavy atom. The molecule has 0 saturated heterocycles. The van der Waals surface area contributed by atoms with E-state index in [1.807, 2.05) is 0 Å². The van der Waals surface area contributed by atoms with Gasteiger partial charge in [0, 0.05) is 23.7 Å². The molecular formula is C15H18N2O4. The van der Waals surface area contributed by atoms with Crippen LogP contribution >= 0.6 is 0 Å². The first-order valence-electron chi connectivity index (χ1n) is 6.84. The minimum absolute atomic E-state index is 0.0312. The number of carboxylic acids is 1. The number of aryl methyl sites for hydroxylation is 1. The third-order valence-corrected chi connectivity index (χ3v) is 3.44. The number of rotatable bonds is 4. The number of aliphatic carboxylic acids is 1. The van der Waals surface area contributed by atoms with Crippen molar-refractivity contribution in [3.63, 3.8) is 0 Å². The van der Waals surface area contributed by atoms with Gasteiger partial charge in [0.15, 0.2) is 0 Å². The average Bonchev–Trinajstić information content (AvgIpc) is 2.43. The second kappa shape index (κ2) is 5.95. The van der Waals surface area contributed by atoms with E-state index in [1.54, 1.807) is 32.0 Å². The van der Waals surface area contributed by atoms with Gasteiger partial charge in [0.25, 0.3) is 5.91 Å². The molecule has 6 heteroatoms. The molecule has 21 heavy (non-hydrogen) atoms. The minimum Gasteiger partial charge on any atom is -0.480 e. The summed E-state index contributed by atoms with van der Waals surface area (Å²) in [5, 5.41) is 11.7. The third kappa shape index (κ3) is 3.39. The molecule has 6 nitrogen and oxygen atoms in total. The van der Waals surface area contributed by atoms with Gasteiger partial charge in [-0.3, -0.25) is 14.4 Å². The Morgan fingerprint density at radius 2 is 2.05 bits per heavy atom. The van der Waals surface area contributed by atoms with Crippen LogP contribution in [-0.2, 0) is 16.0 Å². The molecule has 1 aromatic rings. The number of nitrogens with zero attached hydrogens (tertiary/aromatic N) is 1. The van der Waals surface area contributed by atoms with E-state index < -0.39 is 5.97 Å². The van der Waals surface area contributed by atoms with Gasteiger partial charge < -0.3 is 15.3 Å². The molecule has 0 bridgehead atoms. The molecule has 1 aromatic carbocycles. The van der Waals surface area contributed by atoms with Crippen molar-refractivity contribution >= 4 is 23.5 Å². The summed E-state index contributed by atoms with van der Waals surface area (Å²) in [6.45, 7) is 3.23. The maximum absolute atomic E-state index is 12.4. The zero-order chi connectivity index (χ0) is 15.6. The number of carboxylic acid groups (broad SMARTS) is 1. The van der Waals surface area contributed by atoms with Crippen LogP contribution in [0.5, 0.6) is 0 Å². The van der Waals surface area contributed by atoms with E-state index in [4.69, 9.17) is 5.11 Å². The van der Waals surface area contributed by atoms with Crippen molar-refractivity contribution in [2.24, 2.45) is 0 Å². The number of benzene rings is 1. The van der Waals surface area contributed by atoms with Crippen LogP contribution in [0.4, 0.5) is 5.69 Å². The number of nitrogens with one attached hydrogen (secondary N) is 1. The Labute approximate surface area is 122 Å². The van der Waals surface area contributed by atoms with E-state index in [2.05, 4.69) is 5.32 Å². The predicted molar refractivity (Wildman–Crippen MR) is 77.2 cm³/mol. The number of fused-ring (bicyclic) bond motifs is 1. The highest BCUT2D eigenvalue weighted by atomic mass is 16.4. The standard InChI is InChI=1S/C15H18N2O4/c1-9(2)17(8-14(19)20)15(21)11-3-5-12-10(7-11)4-6-13(18)16-12/h3,5,7,9H,4,6,8H2,1-2H3,(H,16,18)(H,19,20). The summed E-state index contributed by atoms with van der Waals surface area (Å²) in [4.78, 5) is 35.9. The molecule has 0 aliphatic carbocycles. The molecule has 2 N–H and O–H groups in total. The number of hydrogen-bond acceptors (Lipinski definition) is 3. The highest BCUT2D eigenvalue weighted by Crippen LogP contribution is 2.24. The zero-order valence-corrected chi connectivity index (χ0v) is 12.0. The molecule has 2 rings (SSSR count). The van der Waals surface area contributed by atoms with Gasteiger partial charge in [0.2, 0.25) is 5.91 Å². The Balaban J connectivity index is 2.26. The van der Waals surface area contributed by atoms with Crippen molar-refractivity contribution in [3.8, 4) is 0 Å². The maximum atomic E-state index is 12.4. The normalized spacial score (nSPS) is 13.6. The first-order chi connectivity index (χ1) is 9.88. The van der Waals surface area contributed by atoms with Gasteiger partial charge in [-0.15, -0.1) is 0 Å². The fraction of sp³-hybridized carbons (Fsp3) is 0.400. The van der Waals surface area contributed by atoms with Gasteiger partial charge in [-0.05, 0) is 44.0 Å². The SMILES string of the molecule is CC(C)N(CC(=O)O)C(=O)c1ccc2c(c1)CCC(=O)N2. The number of carbonyl (C=O) groups excluding carboxylic acids is 2. The molecule has 1 aliphatic heterocycles. The highest BCUT2D eigenvalue weighted by Gasteiger charge is 2.23. The predicted octanol–water partition coefficient (Wildman–Crippen LogP) is 1.51. The molecule has 2 amide bonds. The summed E-state index contributed by atoms with van der Waals surface area (Å²) in [5.74, 6) is -1.38. The van der Waals surface area contributed by atoms with Gasteiger partial charge in [-0.25, -0.2) is 0 Å². The summed E-state index contributed by atoms with van der Waals surface area (Å²) in [6, 6.07) is 4.83. The van der Waals surface area contributed by atoms with Crippen molar-refractivity contribution in [1.29, 1.82) is 0 Å². The van der Waals surface area contributed by atoms with Gasteiger partial charge in [-0.2, -0.15) is 0 Å². The van der Waals surface area contributed by atoms with Crippen LogP contribution in [0.1, 0.15) is 36.2 Å². The largest absolute Gasteiger partial charge is 0.480 e. The molecule has 0 unspecified atom stereocenters. The van der Waals surface area contributed by atoms with Crippen molar-refractivity contribution in [3.05, 3.63) is 29.3 Å². The monoisotopic (exact) mass is 290 g/mol. The molecule has 0 spiro atoms. The van der Waals surface area contributed by atoms with Crippen molar-refractivity contribution in [1.82, 2.24) is 4.90 Å². The Morgan fingerprint density at radius 1 is 1.33 bits per heavy atom. The number of anilines is 1. The van der Waals surface area contributed by atoms with E-state index >= 15 is 0 Å². The van der Waals surface area contributed by atoms with Gasteiger partial charge in [0.1, 0.15) is 6.54 Å². The van der Waals surface area contributed by atoms with Crippen LogP contribution in [0, 0.1) is 0 Å². The van der Waals surface area contributed by atoms with E-state index in [0.717, 1.165) is 11.3 Å². The topological polar surface area (TPSA) is 86.7 Å². The summed E-state index contributed by atoms with van der Waals surface area (Å²) in [7, 11) is 0. The smallest absolute Gasteiger partial charge is 0.323 e. The van der Waals surface area contributed by atoms with Crippen molar-refractivity contribution in [2.75, 3.05) is 11.9 Å². The van der Waals surface area contributed by atoms with E-state index in [1.165, 1.54) is 4.90 Å². The lowest BCUT2D eigenvalue weighted by Gasteiger charge is -2.26. The fourth-order valence-corrected chi connectivity index (χ4v) is 2.32. The van der Waals surface area contributed by atoms with Crippen LogP contribution in [0.2, 0.25) is 0 Å². The molecule has 0 atom stereocenters. The van der Waals surface area contributed by atoms with Gasteiger partial charge >= 0.3 is 5.97 Å². The quantitative estimate of drug-likeness (QED) is 0.880. The first-order valence-corrected chi connectivity index (χ1v) is 6.84. The van der Waals surface area contributed by atoms with Crippen LogP contribution in [0.25, 0.3) is 0 Å². The molecule has 0 fully saturated rings. The molecule has 0 saturated carbocycles. The third-order valence-electron chi connectivity index (χ3n) is 3.44. The first kappa shape index (κ1) is 15.0. The van der Waals surface area contributed by atoms with Crippen molar-refractivity contribution in [2.45, 2.75) is 32.7 Å². The van der Waals surface area contributed by atoms with E-state index in [0.29, 0.717) is 18.4 Å². The van der Waals surface area contributed by atoms with E-state index in [-0.39, 0.29) is 24.4 Å². The lowest BCUT2D eigenvalue weighted by Crippen LogP contribution is -2.40. The number of carbonyl (C=O) groups is 3. The summed E-state index contributed by atoms with van der Waals surface area (Å²) >= 11 is 0. The van der Waals surface area contributed by atoms with Gasteiger partial charge in [-0.1, -0.05) is 0 Å².